The van der Waals surface area contributed by atoms with Crippen LogP contribution >= 0.6 is 23.2 Å². The van der Waals surface area contributed by atoms with E-state index in [1.165, 1.54) is 12.1 Å². The molecule has 0 radical (unpaired) electrons. The van der Waals surface area contributed by atoms with Crippen LogP contribution in [0.4, 0.5) is 5.69 Å². The molecule has 1 amide bonds. The Morgan fingerprint density at radius 3 is 2.38 bits per heavy atom. The number of carbonyl (C=O) groups is 1. The molecule has 3 rings (SSSR count). The summed E-state index contributed by atoms with van der Waals surface area (Å²) in [6.45, 7) is 3.82. The van der Waals surface area contributed by atoms with Crippen LogP contribution in [0.5, 0.6) is 5.75 Å². The maximum Gasteiger partial charge on any atom is 0.270 e. The largest absolute Gasteiger partial charge is 0.492 e. The van der Waals surface area contributed by atoms with Crippen LogP contribution in [0.15, 0.2) is 71.6 Å². The van der Waals surface area contributed by atoms with E-state index >= 15 is 0 Å². The van der Waals surface area contributed by atoms with Crippen molar-refractivity contribution in [2.75, 3.05) is 10.9 Å². The molecule has 0 saturated carbocycles. The highest BCUT2D eigenvalue weighted by molar-refractivity contribution is 7.93. The lowest BCUT2D eigenvalue weighted by Gasteiger charge is -2.25. The quantitative estimate of drug-likeness (QED) is 0.352. The van der Waals surface area contributed by atoms with Gasteiger partial charge in [0.15, 0.2) is 0 Å². The Hall–Kier alpha value is -2.54. The minimum Gasteiger partial charge on any atom is -0.492 e. The van der Waals surface area contributed by atoms with Crippen molar-refractivity contribution in [3.8, 4) is 5.75 Å². The lowest BCUT2D eigenvalue weighted by Crippen LogP contribution is -2.37. The summed E-state index contributed by atoms with van der Waals surface area (Å²) in [4.78, 5) is 13.3. The van der Waals surface area contributed by atoms with Crippen LogP contribution in [0.2, 0.25) is 10.0 Å². The third-order valence-electron chi connectivity index (χ3n) is 4.78. The molecule has 8 heteroatoms. The number of anilines is 1. The topological polar surface area (TPSA) is 63.7 Å². The van der Waals surface area contributed by atoms with Crippen molar-refractivity contribution in [3.05, 3.63) is 87.9 Å². The lowest BCUT2D eigenvalue weighted by molar-refractivity contribution is -0.117. The normalized spacial score (nSPS) is 11.2. The number of aryl methyl sites for hydroxylation is 2. The van der Waals surface area contributed by atoms with E-state index < -0.39 is 15.9 Å². The van der Waals surface area contributed by atoms with Gasteiger partial charge in [0.2, 0.25) is 5.91 Å². The molecule has 0 aliphatic carbocycles. The fourth-order valence-electron chi connectivity index (χ4n) is 3.13. The smallest absolute Gasteiger partial charge is 0.270 e. The Morgan fingerprint density at radius 2 is 1.69 bits per heavy atom. The maximum atomic E-state index is 13.4. The molecule has 0 heterocycles. The van der Waals surface area contributed by atoms with Crippen molar-refractivity contribution in [1.29, 1.82) is 0 Å². The molecule has 0 aliphatic heterocycles. The monoisotopic (exact) mass is 491 g/mol. The number of amides is 1. The Morgan fingerprint density at radius 1 is 0.969 bits per heavy atom. The summed E-state index contributed by atoms with van der Waals surface area (Å²) in [6.07, 6.45) is 0.286. The van der Waals surface area contributed by atoms with Crippen molar-refractivity contribution < 1.29 is 17.9 Å². The van der Waals surface area contributed by atoms with Gasteiger partial charge in [0.1, 0.15) is 5.75 Å². The number of hydrogen-bond donors (Lipinski definition) is 0. The highest BCUT2D eigenvalue weighted by atomic mass is 35.5. The van der Waals surface area contributed by atoms with E-state index in [0.717, 1.165) is 9.87 Å². The summed E-state index contributed by atoms with van der Waals surface area (Å²) in [7, 11) is -4.09. The van der Waals surface area contributed by atoms with Crippen molar-refractivity contribution in [3.63, 3.8) is 0 Å². The van der Waals surface area contributed by atoms with Gasteiger partial charge in [-0.1, -0.05) is 53.5 Å². The number of rotatable bonds is 8. The number of carbonyl (C=O) groups excluding carboxylic acids is 1. The first-order valence-electron chi connectivity index (χ1n) is 9.98. The van der Waals surface area contributed by atoms with Crippen molar-refractivity contribution >= 4 is 44.8 Å². The third kappa shape index (κ3) is 5.63. The van der Waals surface area contributed by atoms with E-state index in [4.69, 9.17) is 27.9 Å². The first-order valence-corrected chi connectivity index (χ1v) is 12.2. The van der Waals surface area contributed by atoms with Crippen LogP contribution in [-0.4, -0.2) is 20.9 Å². The Labute approximate surface area is 198 Å². The predicted octanol–water partition coefficient (Wildman–Crippen LogP) is 6.19. The highest BCUT2D eigenvalue weighted by Crippen LogP contribution is 2.30. The average molecular weight is 492 g/mol. The molecular formula is C24H23Cl2NO4S. The number of ether oxygens (including phenoxy) is 1. The summed E-state index contributed by atoms with van der Waals surface area (Å²) in [6, 6.07) is 18.2. The zero-order valence-corrected chi connectivity index (χ0v) is 20.0. The molecule has 0 aromatic heterocycles. The number of nitrogens with zero attached hydrogens (tertiary/aromatic N) is 1. The summed E-state index contributed by atoms with van der Waals surface area (Å²) >= 11 is 12.0. The number of benzene rings is 3. The minimum absolute atomic E-state index is 0.0232. The van der Waals surface area contributed by atoms with Gasteiger partial charge in [-0.3, -0.25) is 4.79 Å². The van der Waals surface area contributed by atoms with Crippen LogP contribution in [0.25, 0.3) is 0 Å². The van der Waals surface area contributed by atoms with E-state index in [-0.39, 0.29) is 17.9 Å². The van der Waals surface area contributed by atoms with E-state index in [1.54, 1.807) is 55.5 Å². The van der Waals surface area contributed by atoms with Crippen LogP contribution < -0.4 is 9.04 Å². The summed E-state index contributed by atoms with van der Waals surface area (Å²) in [5.41, 5.74) is 1.89. The second kappa shape index (κ2) is 10.4. The van der Waals surface area contributed by atoms with E-state index in [2.05, 4.69) is 0 Å². The Balaban J connectivity index is 1.82. The molecule has 0 unspecified atom stereocenters. The minimum atomic E-state index is -4.09. The van der Waals surface area contributed by atoms with Crippen molar-refractivity contribution in [2.45, 2.75) is 31.6 Å². The molecular weight excluding hydrogens is 469 g/mol. The lowest BCUT2D eigenvalue weighted by atomic mass is 10.1. The van der Waals surface area contributed by atoms with Crippen LogP contribution in [-0.2, 0) is 14.8 Å². The first kappa shape index (κ1) is 24.1. The summed E-state index contributed by atoms with van der Waals surface area (Å²) < 4.78 is 33.4. The second-order valence-electron chi connectivity index (χ2n) is 7.29. The average Bonchev–Trinajstić information content (AvgIpc) is 2.75. The molecule has 5 nitrogen and oxygen atoms in total. The Kier molecular flexibility index (Phi) is 7.82. The van der Waals surface area contributed by atoms with E-state index in [0.29, 0.717) is 33.5 Å². The molecule has 168 valence electrons. The second-order valence-corrected chi connectivity index (χ2v) is 9.92. The zero-order chi connectivity index (χ0) is 23.3. The van der Waals surface area contributed by atoms with Gasteiger partial charge in [0.25, 0.3) is 10.0 Å². The van der Waals surface area contributed by atoms with Crippen LogP contribution in [0.3, 0.4) is 0 Å². The standard InChI is InChI=1S/C24H23Cl2NO4S/c1-17-10-11-18(2)22(15-17)27(32(29,30)20-7-4-3-5-8-20)24(28)9-6-14-31-23-13-12-19(25)16-21(23)26/h3-5,7-8,10-13,15-16H,6,9,14H2,1-2H3. The third-order valence-corrected chi connectivity index (χ3v) is 7.06. The van der Waals surface area contributed by atoms with Gasteiger partial charge in [-0.2, -0.15) is 0 Å². The van der Waals surface area contributed by atoms with Gasteiger partial charge in [-0.05, 0) is 67.8 Å². The van der Waals surface area contributed by atoms with Crippen LogP contribution in [0.1, 0.15) is 24.0 Å². The highest BCUT2D eigenvalue weighted by Gasteiger charge is 2.31. The molecule has 32 heavy (non-hydrogen) atoms. The van der Waals surface area contributed by atoms with Gasteiger partial charge in [0, 0.05) is 11.4 Å². The fraction of sp³-hybridized carbons (Fsp3) is 0.208. The fourth-order valence-corrected chi connectivity index (χ4v) is 5.12. The van der Waals surface area contributed by atoms with Crippen molar-refractivity contribution in [2.24, 2.45) is 0 Å². The van der Waals surface area contributed by atoms with Gasteiger partial charge in [-0.15, -0.1) is 0 Å². The molecule has 0 atom stereocenters. The van der Waals surface area contributed by atoms with E-state index in [9.17, 15) is 13.2 Å². The maximum absolute atomic E-state index is 13.4. The molecule has 0 fully saturated rings. The zero-order valence-electron chi connectivity index (χ0n) is 17.7. The summed E-state index contributed by atoms with van der Waals surface area (Å²) in [5, 5.41) is 0.861. The molecule has 0 saturated heterocycles. The van der Waals surface area contributed by atoms with Gasteiger partial charge in [-0.25, -0.2) is 12.7 Å². The van der Waals surface area contributed by atoms with Crippen LogP contribution in [0, 0.1) is 13.8 Å². The predicted molar refractivity (Wildman–Crippen MR) is 128 cm³/mol. The van der Waals surface area contributed by atoms with Gasteiger partial charge >= 0.3 is 0 Å². The Bertz CT molecular complexity index is 1210. The SMILES string of the molecule is Cc1ccc(C)c(N(C(=O)CCCOc2ccc(Cl)cc2Cl)S(=O)(=O)c2ccccc2)c1. The molecule has 3 aromatic rings. The first-order chi connectivity index (χ1) is 15.2. The molecule has 3 aromatic carbocycles. The van der Waals surface area contributed by atoms with Crippen molar-refractivity contribution in [1.82, 2.24) is 0 Å². The molecule has 0 aliphatic rings. The number of hydrogen-bond acceptors (Lipinski definition) is 4. The number of halogens is 2. The van der Waals surface area contributed by atoms with Gasteiger partial charge in [0.05, 0.1) is 22.2 Å². The molecule has 0 spiro atoms. The van der Waals surface area contributed by atoms with Gasteiger partial charge < -0.3 is 4.74 Å². The molecule has 0 N–H and O–H groups in total. The molecule has 0 bridgehead atoms. The summed E-state index contributed by atoms with van der Waals surface area (Å²) in [5.74, 6) is -0.0832. The van der Waals surface area contributed by atoms with E-state index in [1.807, 2.05) is 13.0 Å². The number of sulfonamides is 1.